The van der Waals surface area contributed by atoms with Gasteiger partial charge in [-0.2, -0.15) is 0 Å². The zero-order chi connectivity index (χ0) is 13.3. The van der Waals surface area contributed by atoms with Crippen LogP contribution in [0.5, 0.6) is 0 Å². The van der Waals surface area contributed by atoms with Crippen LogP contribution in [0.3, 0.4) is 0 Å². The predicted octanol–water partition coefficient (Wildman–Crippen LogP) is 2.98. The number of anilines is 1. The zero-order valence-corrected chi connectivity index (χ0v) is 12.0. The van der Waals surface area contributed by atoms with E-state index in [1.807, 2.05) is 40.2 Å². The molecule has 0 radical (unpaired) electrons. The fourth-order valence-corrected chi connectivity index (χ4v) is 2.51. The van der Waals surface area contributed by atoms with Gasteiger partial charge in [0.15, 0.2) is 0 Å². The van der Waals surface area contributed by atoms with Crippen LogP contribution in [0.15, 0.2) is 18.2 Å². The van der Waals surface area contributed by atoms with Crippen LogP contribution in [0.2, 0.25) is 5.02 Å². The number of aryl methyl sites for hydroxylation is 1. The van der Waals surface area contributed by atoms with E-state index in [2.05, 4.69) is 21.3 Å². The monoisotopic (exact) mass is 263 g/mol. The van der Waals surface area contributed by atoms with E-state index >= 15 is 0 Å². The maximum absolute atomic E-state index is 6.24. The molecule has 0 fully saturated rings. The molecule has 1 aromatic heterocycles. The Morgan fingerprint density at radius 3 is 2.67 bits per heavy atom. The average molecular weight is 264 g/mol. The first kappa shape index (κ1) is 13.1. The van der Waals surface area contributed by atoms with E-state index in [0.717, 1.165) is 23.1 Å². The number of benzene rings is 1. The lowest BCUT2D eigenvalue weighted by atomic mass is 10.1. The molecule has 2 rings (SSSR count). The minimum atomic E-state index is 0.703. The Morgan fingerprint density at radius 1 is 1.33 bits per heavy atom. The van der Waals surface area contributed by atoms with Crippen molar-refractivity contribution in [1.29, 1.82) is 0 Å². The SMILES string of the molecule is CNCc1c(C)nc2c(Cl)cccc2c1N(C)C. The van der Waals surface area contributed by atoms with E-state index in [1.54, 1.807) is 0 Å². The molecule has 0 amide bonds. The molecule has 4 heteroatoms. The van der Waals surface area contributed by atoms with Gasteiger partial charge in [-0.25, -0.2) is 0 Å². The Labute approximate surface area is 113 Å². The van der Waals surface area contributed by atoms with Crippen LogP contribution >= 0.6 is 11.6 Å². The van der Waals surface area contributed by atoms with Gasteiger partial charge in [0.2, 0.25) is 0 Å². The number of halogens is 1. The van der Waals surface area contributed by atoms with Crippen LogP contribution in [0.25, 0.3) is 10.9 Å². The lowest BCUT2D eigenvalue weighted by Crippen LogP contribution is -2.17. The van der Waals surface area contributed by atoms with Crippen molar-refractivity contribution in [3.05, 3.63) is 34.5 Å². The maximum atomic E-state index is 6.24. The molecule has 1 aromatic carbocycles. The standard InChI is InChI=1S/C14H18ClN3/c1-9-11(8-16-2)14(18(3)4)10-6-5-7-12(15)13(10)17-9/h5-7,16H,8H2,1-4H3. The molecule has 18 heavy (non-hydrogen) atoms. The normalized spacial score (nSPS) is 10.9. The molecule has 0 spiro atoms. The van der Waals surface area contributed by atoms with Gasteiger partial charge in [0.05, 0.1) is 16.2 Å². The minimum absolute atomic E-state index is 0.703. The second-order valence-corrected chi connectivity index (χ2v) is 4.99. The fraction of sp³-hybridized carbons (Fsp3) is 0.357. The molecule has 0 bridgehead atoms. The van der Waals surface area contributed by atoms with Crippen molar-refractivity contribution in [3.63, 3.8) is 0 Å². The number of fused-ring (bicyclic) bond motifs is 1. The lowest BCUT2D eigenvalue weighted by Gasteiger charge is -2.21. The summed E-state index contributed by atoms with van der Waals surface area (Å²) in [5.74, 6) is 0. The topological polar surface area (TPSA) is 28.2 Å². The van der Waals surface area contributed by atoms with Crippen LogP contribution < -0.4 is 10.2 Å². The van der Waals surface area contributed by atoms with Gasteiger partial charge in [-0.3, -0.25) is 4.98 Å². The third-order valence-electron chi connectivity index (χ3n) is 3.04. The van der Waals surface area contributed by atoms with Gasteiger partial charge in [-0.15, -0.1) is 0 Å². The first-order chi connectivity index (χ1) is 8.56. The van der Waals surface area contributed by atoms with Crippen LogP contribution in [0.1, 0.15) is 11.3 Å². The van der Waals surface area contributed by atoms with Crippen molar-refractivity contribution in [2.45, 2.75) is 13.5 Å². The number of hydrogen-bond acceptors (Lipinski definition) is 3. The molecule has 0 aliphatic carbocycles. The summed E-state index contributed by atoms with van der Waals surface area (Å²) in [5.41, 5.74) is 4.31. The van der Waals surface area contributed by atoms with Crippen molar-refractivity contribution in [3.8, 4) is 0 Å². The summed E-state index contributed by atoms with van der Waals surface area (Å²) in [5, 5.41) is 5.00. The predicted molar refractivity (Wildman–Crippen MR) is 78.6 cm³/mol. The molecule has 0 atom stereocenters. The first-order valence-corrected chi connectivity index (χ1v) is 6.33. The third-order valence-corrected chi connectivity index (χ3v) is 3.35. The highest BCUT2D eigenvalue weighted by atomic mass is 35.5. The van der Waals surface area contributed by atoms with Crippen LogP contribution in [0, 0.1) is 6.92 Å². The molecule has 1 heterocycles. The van der Waals surface area contributed by atoms with Crippen molar-refractivity contribution in [1.82, 2.24) is 10.3 Å². The smallest absolute Gasteiger partial charge is 0.0912 e. The van der Waals surface area contributed by atoms with Gasteiger partial charge >= 0.3 is 0 Å². The van der Waals surface area contributed by atoms with Crippen LogP contribution in [-0.2, 0) is 6.54 Å². The van der Waals surface area contributed by atoms with E-state index in [-0.39, 0.29) is 0 Å². The van der Waals surface area contributed by atoms with Crippen molar-refractivity contribution in [2.24, 2.45) is 0 Å². The Morgan fingerprint density at radius 2 is 2.06 bits per heavy atom. The summed E-state index contributed by atoms with van der Waals surface area (Å²) >= 11 is 6.24. The highest BCUT2D eigenvalue weighted by Gasteiger charge is 2.15. The largest absolute Gasteiger partial charge is 0.377 e. The molecule has 0 aliphatic rings. The molecular formula is C14H18ClN3. The molecular weight excluding hydrogens is 246 g/mol. The summed E-state index contributed by atoms with van der Waals surface area (Å²) in [7, 11) is 6.05. The molecule has 1 N–H and O–H groups in total. The van der Waals surface area contributed by atoms with Crippen LogP contribution in [0.4, 0.5) is 5.69 Å². The highest BCUT2D eigenvalue weighted by molar-refractivity contribution is 6.35. The zero-order valence-electron chi connectivity index (χ0n) is 11.2. The maximum Gasteiger partial charge on any atom is 0.0912 e. The summed E-state index contributed by atoms with van der Waals surface area (Å²) in [6.07, 6.45) is 0. The Kier molecular flexibility index (Phi) is 3.73. The number of para-hydroxylation sites is 1. The highest BCUT2D eigenvalue weighted by Crippen LogP contribution is 2.33. The van der Waals surface area contributed by atoms with E-state index in [4.69, 9.17) is 11.6 Å². The second kappa shape index (κ2) is 5.12. The average Bonchev–Trinajstić information content (AvgIpc) is 2.31. The molecule has 2 aromatic rings. The van der Waals surface area contributed by atoms with Gasteiger partial charge in [0.1, 0.15) is 0 Å². The molecule has 0 aliphatic heterocycles. The lowest BCUT2D eigenvalue weighted by molar-refractivity contribution is 0.804. The molecule has 0 saturated heterocycles. The van der Waals surface area contributed by atoms with Crippen molar-refractivity contribution >= 4 is 28.2 Å². The molecule has 0 saturated carbocycles. The number of nitrogens with one attached hydrogen (secondary N) is 1. The Hall–Kier alpha value is -1.32. The van der Waals surface area contributed by atoms with Gasteiger partial charge < -0.3 is 10.2 Å². The van der Waals surface area contributed by atoms with Gasteiger partial charge in [0.25, 0.3) is 0 Å². The first-order valence-electron chi connectivity index (χ1n) is 5.96. The Bertz CT molecular complexity index is 579. The van der Waals surface area contributed by atoms with Crippen molar-refractivity contribution in [2.75, 3.05) is 26.0 Å². The molecule has 0 unspecified atom stereocenters. The summed E-state index contributed by atoms with van der Waals surface area (Å²) < 4.78 is 0. The number of nitrogens with zero attached hydrogens (tertiary/aromatic N) is 2. The Balaban J connectivity index is 2.85. The van der Waals surface area contributed by atoms with Crippen molar-refractivity contribution < 1.29 is 0 Å². The van der Waals surface area contributed by atoms with E-state index in [9.17, 15) is 0 Å². The van der Waals surface area contributed by atoms with Gasteiger partial charge in [-0.05, 0) is 20.0 Å². The van der Waals surface area contributed by atoms with Gasteiger partial charge in [0, 0.05) is 37.3 Å². The summed E-state index contributed by atoms with van der Waals surface area (Å²) in [6.45, 7) is 2.83. The number of rotatable bonds is 3. The molecule has 96 valence electrons. The van der Waals surface area contributed by atoms with E-state index < -0.39 is 0 Å². The second-order valence-electron chi connectivity index (χ2n) is 4.59. The van der Waals surface area contributed by atoms with Gasteiger partial charge in [-0.1, -0.05) is 23.7 Å². The van der Waals surface area contributed by atoms with Crippen LogP contribution in [-0.4, -0.2) is 26.1 Å². The minimum Gasteiger partial charge on any atom is -0.377 e. The summed E-state index contributed by atoms with van der Waals surface area (Å²) in [6, 6.07) is 5.92. The fourth-order valence-electron chi connectivity index (χ4n) is 2.29. The number of pyridine rings is 1. The van der Waals surface area contributed by atoms with E-state index in [0.29, 0.717) is 5.02 Å². The third kappa shape index (κ3) is 2.16. The number of aromatic nitrogens is 1. The quantitative estimate of drug-likeness (QED) is 0.923. The summed E-state index contributed by atoms with van der Waals surface area (Å²) in [4.78, 5) is 6.76. The van der Waals surface area contributed by atoms with E-state index in [1.165, 1.54) is 11.3 Å². The number of hydrogen-bond donors (Lipinski definition) is 1. The molecule has 3 nitrogen and oxygen atoms in total.